The Hall–Kier alpha value is -2.02. The predicted molar refractivity (Wildman–Crippen MR) is 82.6 cm³/mol. The largest absolute Gasteiger partial charge is 0.416 e. The number of fused-ring (bicyclic) bond motifs is 1. The molecule has 0 saturated heterocycles. The van der Waals surface area contributed by atoms with Crippen LogP contribution in [0.1, 0.15) is 31.2 Å². The molecule has 3 nitrogen and oxygen atoms in total. The van der Waals surface area contributed by atoms with Gasteiger partial charge in [-0.15, -0.1) is 10.2 Å². The third kappa shape index (κ3) is 3.34. The summed E-state index contributed by atoms with van der Waals surface area (Å²) in [6, 6.07) is 8.96. The lowest BCUT2D eigenvalue weighted by atomic mass is 10.2. The molecule has 2 aromatic heterocycles. The number of rotatable bonds is 3. The van der Waals surface area contributed by atoms with Crippen molar-refractivity contribution in [2.45, 2.75) is 35.7 Å². The highest BCUT2D eigenvalue weighted by atomic mass is 32.2. The molecular formula is C16H14F3N3S. The second-order valence-corrected chi connectivity index (χ2v) is 6.58. The maximum Gasteiger partial charge on any atom is 0.416 e. The van der Waals surface area contributed by atoms with Gasteiger partial charge in [0.2, 0.25) is 0 Å². The Morgan fingerprint density at radius 2 is 1.83 bits per heavy atom. The summed E-state index contributed by atoms with van der Waals surface area (Å²) in [5.41, 5.74) is 0.0813. The van der Waals surface area contributed by atoms with Crippen LogP contribution in [0.4, 0.5) is 13.2 Å². The van der Waals surface area contributed by atoms with Crippen molar-refractivity contribution in [1.29, 1.82) is 0 Å². The van der Waals surface area contributed by atoms with Crippen molar-refractivity contribution in [3.63, 3.8) is 0 Å². The Kier molecular flexibility index (Phi) is 4.06. The van der Waals surface area contributed by atoms with E-state index in [1.165, 1.54) is 17.8 Å². The Bertz CT molecular complexity index is 840. The van der Waals surface area contributed by atoms with E-state index in [0.717, 1.165) is 28.5 Å². The van der Waals surface area contributed by atoms with Gasteiger partial charge in [0.05, 0.1) is 5.56 Å². The molecule has 7 heteroatoms. The molecular weight excluding hydrogens is 323 g/mol. The molecule has 0 aliphatic carbocycles. The first kappa shape index (κ1) is 15.9. The molecule has 0 bridgehead atoms. The van der Waals surface area contributed by atoms with Gasteiger partial charge in [0.15, 0.2) is 5.65 Å². The van der Waals surface area contributed by atoms with E-state index in [-0.39, 0.29) is 5.92 Å². The predicted octanol–water partition coefficient (Wildman–Crippen LogP) is 5.02. The van der Waals surface area contributed by atoms with E-state index in [1.807, 2.05) is 36.6 Å². The van der Waals surface area contributed by atoms with Crippen LogP contribution in [0, 0.1) is 0 Å². The minimum Gasteiger partial charge on any atom is -0.285 e. The van der Waals surface area contributed by atoms with E-state index in [0.29, 0.717) is 4.90 Å². The van der Waals surface area contributed by atoms with Gasteiger partial charge in [0.25, 0.3) is 0 Å². The van der Waals surface area contributed by atoms with E-state index in [9.17, 15) is 13.2 Å². The van der Waals surface area contributed by atoms with Crippen molar-refractivity contribution in [2.75, 3.05) is 0 Å². The van der Waals surface area contributed by atoms with Crippen LogP contribution in [0.15, 0.2) is 52.4 Å². The number of benzene rings is 1. The highest BCUT2D eigenvalue weighted by Crippen LogP contribution is 2.34. The Labute approximate surface area is 135 Å². The lowest BCUT2D eigenvalue weighted by Crippen LogP contribution is -2.04. The number of hydrogen-bond acceptors (Lipinski definition) is 3. The first-order valence-electron chi connectivity index (χ1n) is 7.04. The molecule has 0 amide bonds. The molecule has 120 valence electrons. The van der Waals surface area contributed by atoms with Gasteiger partial charge in [-0.05, 0) is 30.3 Å². The number of alkyl halides is 3. The van der Waals surface area contributed by atoms with E-state index < -0.39 is 11.7 Å². The summed E-state index contributed by atoms with van der Waals surface area (Å²) in [6.07, 6.45) is -2.48. The smallest absolute Gasteiger partial charge is 0.285 e. The van der Waals surface area contributed by atoms with Crippen molar-refractivity contribution < 1.29 is 13.2 Å². The molecule has 3 aromatic rings. The van der Waals surface area contributed by atoms with E-state index in [4.69, 9.17) is 0 Å². The summed E-state index contributed by atoms with van der Waals surface area (Å²) in [6.45, 7) is 4.03. The van der Waals surface area contributed by atoms with Gasteiger partial charge in [0, 0.05) is 21.9 Å². The average Bonchev–Trinajstić information content (AvgIpc) is 2.90. The lowest BCUT2D eigenvalue weighted by molar-refractivity contribution is -0.137. The van der Waals surface area contributed by atoms with Gasteiger partial charge >= 0.3 is 6.18 Å². The molecule has 0 radical (unpaired) electrons. The van der Waals surface area contributed by atoms with Gasteiger partial charge in [-0.25, -0.2) is 0 Å². The highest BCUT2D eigenvalue weighted by Gasteiger charge is 2.30. The van der Waals surface area contributed by atoms with Crippen molar-refractivity contribution in [3.8, 4) is 0 Å². The fraction of sp³-hybridized carbons (Fsp3) is 0.250. The molecule has 2 heterocycles. The van der Waals surface area contributed by atoms with Gasteiger partial charge in [0.1, 0.15) is 5.82 Å². The molecule has 0 unspecified atom stereocenters. The van der Waals surface area contributed by atoms with Crippen LogP contribution in [-0.4, -0.2) is 14.6 Å². The van der Waals surface area contributed by atoms with Crippen LogP contribution >= 0.6 is 11.8 Å². The third-order valence-corrected chi connectivity index (χ3v) is 4.28. The standard InChI is InChI=1S/C16H14F3N3S/c1-10(2)15-21-20-14-7-6-13(9-22(14)15)23-12-5-3-4-11(8-12)16(17,18)19/h3-10H,1-2H3. The van der Waals surface area contributed by atoms with Gasteiger partial charge < -0.3 is 0 Å². The molecule has 0 spiro atoms. The monoisotopic (exact) mass is 337 g/mol. The van der Waals surface area contributed by atoms with E-state index >= 15 is 0 Å². The highest BCUT2D eigenvalue weighted by molar-refractivity contribution is 7.99. The number of nitrogens with zero attached hydrogens (tertiary/aromatic N) is 3. The van der Waals surface area contributed by atoms with Crippen molar-refractivity contribution in [3.05, 3.63) is 54.0 Å². The molecule has 0 fully saturated rings. The number of aromatic nitrogens is 3. The van der Waals surface area contributed by atoms with Crippen LogP contribution < -0.4 is 0 Å². The van der Waals surface area contributed by atoms with Crippen molar-refractivity contribution in [2.24, 2.45) is 0 Å². The maximum absolute atomic E-state index is 12.8. The summed E-state index contributed by atoms with van der Waals surface area (Å²) in [5, 5.41) is 8.23. The molecule has 0 atom stereocenters. The average molecular weight is 337 g/mol. The fourth-order valence-corrected chi connectivity index (χ4v) is 3.11. The SMILES string of the molecule is CC(C)c1nnc2ccc(Sc3cccc(C(F)(F)F)c3)cn12. The topological polar surface area (TPSA) is 30.2 Å². The number of halogens is 3. The minimum atomic E-state index is -4.33. The van der Waals surface area contributed by atoms with E-state index in [2.05, 4.69) is 10.2 Å². The zero-order chi connectivity index (χ0) is 16.6. The molecule has 0 aliphatic rings. The molecule has 3 rings (SSSR count). The van der Waals surface area contributed by atoms with E-state index in [1.54, 1.807) is 6.07 Å². The summed E-state index contributed by atoms with van der Waals surface area (Å²) in [4.78, 5) is 1.37. The van der Waals surface area contributed by atoms with Crippen LogP contribution in [0.2, 0.25) is 0 Å². The van der Waals surface area contributed by atoms with Crippen LogP contribution in [-0.2, 0) is 6.18 Å². The normalized spacial score (nSPS) is 12.3. The molecule has 1 aromatic carbocycles. The van der Waals surface area contributed by atoms with Crippen molar-refractivity contribution >= 4 is 17.4 Å². The molecule has 0 saturated carbocycles. The molecule has 0 aliphatic heterocycles. The minimum absolute atomic E-state index is 0.207. The first-order valence-corrected chi connectivity index (χ1v) is 7.86. The number of pyridine rings is 1. The maximum atomic E-state index is 12.8. The fourth-order valence-electron chi connectivity index (χ4n) is 2.22. The lowest BCUT2D eigenvalue weighted by Gasteiger charge is -2.09. The molecule has 0 N–H and O–H groups in total. The second kappa shape index (κ2) is 5.88. The Morgan fingerprint density at radius 1 is 1.04 bits per heavy atom. The summed E-state index contributed by atoms with van der Waals surface area (Å²) < 4.78 is 40.2. The van der Waals surface area contributed by atoms with Crippen LogP contribution in [0.25, 0.3) is 5.65 Å². The Balaban J connectivity index is 1.94. The molecule has 23 heavy (non-hydrogen) atoms. The first-order chi connectivity index (χ1) is 10.8. The zero-order valence-electron chi connectivity index (χ0n) is 12.5. The summed E-state index contributed by atoms with van der Waals surface area (Å²) in [5.74, 6) is 1.03. The van der Waals surface area contributed by atoms with Crippen LogP contribution in [0.3, 0.4) is 0 Å². The quantitative estimate of drug-likeness (QED) is 0.672. The summed E-state index contributed by atoms with van der Waals surface area (Å²) >= 11 is 1.28. The van der Waals surface area contributed by atoms with Gasteiger partial charge in [-0.1, -0.05) is 31.7 Å². The summed E-state index contributed by atoms with van der Waals surface area (Å²) in [7, 11) is 0. The Morgan fingerprint density at radius 3 is 2.52 bits per heavy atom. The zero-order valence-corrected chi connectivity index (χ0v) is 13.3. The number of hydrogen-bond donors (Lipinski definition) is 0. The van der Waals surface area contributed by atoms with Gasteiger partial charge in [-0.3, -0.25) is 4.40 Å². The van der Waals surface area contributed by atoms with Crippen molar-refractivity contribution in [1.82, 2.24) is 14.6 Å². The van der Waals surface area contributed by atoms with Crippen LogP contribution in [0.5, 0.6) is 0 Å². The van der Waals surface area contributed by atoms with Gasteiger partial charge in [-0.2, -0.15) is 13.2 Å². The second-order valence-electron chi connectivity index (χ2n) is 5.43. The third-order valence-electron chi connectivity index (χ3n) is 3.32.